The average Bonchev–Trinajstić information content (AvgIpc) is 3.27. The van der Waals surface area contributed by atoms with Crippen LogP contribution in [-0.4, -0.2) is 15.7 Å². The highest BCUT2D eigenvalue weighted by Gasteiger charge is 2.30. The van der Waals surface area contributed by atoms with E-state index in [1.807, 2.05) is 0 Å². The number of alkyl halides is 2. The smallest absolute Gasteiger partial charge is 0.282 e. The lowest BCUT2D eigenvalue weighted by atomic mass is 10.2. The molecule has 0 unspecified atom stereocenters. The number of amides is 1. The Morgan fingerprint density at radius 1 is 1.30 bits per heavy atom. The summed E-state index contributed by atoms with van der Waals surface area (Å²) < 4.78 is 39.7. The van der Waals surface area contributed by atoms with E-state index in [1.54, 1.807) is 12.1 Å². The number of carbonyl (C=O) groups excluding carboxylic acids is 1. The first kappa shape index (κ1) is 15.6. The van der Waals surface area contributed by atoms with Gasteiger partial charge in [-0.05, 0) is 36.6 Å². The molecule has 1 aliphatic rings. The van der Waals surface area contributed by atoms with E-state index in [0.717, 1.165) is 18.4 Å². The molecule has 1 aromatic carbocycles. The fourth-order valence-electron chi connectivity index (χ4n) is 2.39. The minimum Gasteiger partial charge on any atom is -0.350 e. The zero-order valence-electron chi connectivity index (χ0n) is 12.3. The third-order valence-electron chi connectivity index (χ3n) is 3.75. The maximum absolute atomic E-state index is 12.8. The Morgan fingerprint density at radius 2 is 2.00 bits per heavy atom. The number of hydrogen-bond acceptors (Lipinski definition) is 2. The van der Waals surface area contributed by atoms with Crippen LogP contribution in [0.1, 0.15) is 42.1 Å². The van der Waals surface area contributed by atoms with Crippen LogP contribution in [0.5, 0.6) is 0 Å². The number of carbonyl (C=O) groups is 1. The number of halogens is 3. The van der Waals surface area contributed by atoms with Gasteiger partial charge in [0.25, 0.3) is 6.43 Å². The van der Waals surface area contributed by atoms with Crippen molar-refractivity contribution in [1.82, 2.24) is 15.1 Å². The molecule has 1 saturated carbocycles. The number of benzene rings is 1. The summed E-state index contributed by atoms with van der Waals surface area (Å²) >= 11 is 0. The molecule has 1 N–H and O–H groups in total. The molecule has 7 heteroatoms. The summed E-state index contributed by atoms with van der Waals surface area (Å²) in [5.41, 5.74) is 1.16. The minimum absolute atomic E-state index is 0.0975. The van der Waals surface area contributed by atoms with Crippen LogP contribution in [-0.2, 0) is 17.9 Å². The van der Waals surface area contributed by atoms with E-state index >= 15 is 0 Å². The quantitative estimate of drug-likeness (QED) is 0.888. The Hall–Kier alpha value is -2.31. The molecule has 0 bridgehead atoms. The fraction of sp³-hybridized carbons (Fsp3) is 0.375. The molecule has 122 valence electrons. The van der Waals surface area contributed by atoms with Gasteiger partial charge in [-0.2, -0.15) is 5.10 Å². The molecule has 1 fully saturated rings. The van der Waals surface area contributed by atoms with E-state index < -0.39 is 6.43 Å². The Kier molecular flexibility index (Phi) is 4.36. The summed E-state index contributed by atoms with van der Waals surface area (Å²) in [5.74, 6) is -0.440. The summed E-state index contributed by atoms with van der Waals surface area (Å²) in [6.07, 6.45) is -0.770. The summed E-state index contributed by atoms with van der Waals surface area (Å²) in [7, 11) is 0. The largest absolute Gasteiger partial charge is 0.350 e. The van der Waals surface area contributed by atoms with Gasteiger partial charge in [-0.3, -0.25) is 9.48 Å². The lowest BCUT2D eigenvalue weighted by Crippen LogP contribution is -2.28. The molecule has 0 spiro atoms. The maximum Gasteiger partial charge on any atom is 0.282 e. The summed E-state index contributed by atoms with van der Waals surface area (Å²) in [6.45, 7) is 0.153. The van der Waals surface area contributed by atoms with Crippen molar-refractivity contribution in [2.45, 2.75) is 38.3 Å². The van der Waals surface area contributed by atoms with Crippen LogP contribution in [0.3, 0.4) is 0 Å². The third kappa shape index (κ3) is 3.91. The fourth-order valence-corrected chi connectivity index (χ4v) is 2.39. The van der Waals surface area contributed by atoms with E-state index in [0.29, 0.717) is 5.69 Å². The SMILES string of the molecule is O=C(Cn1nc(C(F)F)cc1C1CC1)NCc1ccc(F)cc1. The molecule has 1 aliphatic carbocycles. The summed E-state index contributed by atoms with van der Waals surface area (Å²) in [6, 6.07) is 7.17. The van der Waals surface area contributed by atoms with Gasteiger partial charge < -0.3 is 5.32 Å². The van der Waals surface area contributed by atoms with Crippen LogP contribution in [0.2, 0.25) is 0 Å². The first-order valence-electron chi connectivity index (χ1n) is 7.40. The van der Waals surface area contributed by atoms with E-state index in [9.17, 15) is 18.0 Å². The third-order valence-corrected chi connectivity index (χ3v) is 3.75. The molecule has 3 rings (SSSR count). The normalized spacial score (nSPS) is 14.3. The first-order valence-corrected chi connectivity index (χ1v) is 7.40. The van der Waals surface area contributed by atoms with Gasteiger partial charge in [0.05, 0.1) is 0 Å². The Morgan fingerprint density at radius 3 is 2.61 bits per heavy atom. The lowest BCUT2D eigenvalue weighted by molar-refractivity contribution is -0.122. The highest BCUT2D eigenvalue weighted by atomic mass is 19.3. The minimum atomic E-state index is -2.64. The molecule has 0 atom stereocenters. The van der Waals surface area contributed by atoms with Gasteiger partial charge in [0.2, 0.25) is 5.91 Å². The Bertz CT molecular complexity index is 693. The van der Waals surface area contributed by atoms with Crippen LogP contribution < -0.4 is 5.32 Å². The van der Waals surface area contributed by atoms with E-state index in [4.69, 9.17) is 0 Å². The van der Waals surface area contributed by atoms with Gasteiger partial charge in [-0.1, -0.05) is 12.1 Å². The number of nitrogens with zero attached hydrogens (tertiary/aromatic N) is 2. The molecular weight excluding hydrogens is 307 g/mol. The Labute approximate surface area is 131 Å². The highest BCUT2D eigenvalue weighted by molar-refractivity contribution is 5.75. The predicted molar refractivity (Wildman–Crippen MR) is 77.4 cm³/mol. The summed E-state index contributed by atoms with van der Waals surface area (Å²) in [4.78, 5) is 12.0. The van der Waals surface area contributed by atoms with Crippen molar-refractivity contribution in [3.05, 3.63) is 53.1 Å². The molecule has 0 saturated heterocycles. The molecule has 4 nitrogen and oxygen atoms in total. The number of nitrogens with one attached hydrogen (secondary N) is 1. The van der Waals surface area contributed by atoms with E-state index in [1.165, 1.54) is 22.9 Å². The van der Waals surface area contributed by atoms with Gasteiger partial charge >= 0.3 is 0 Å². The first-order chi connectivity index (χ1) is 11.0. The van der Waals surface area contributed by atoms with Gasteiger partial charge in [0.15, 0.2) is 0 Å². The van der Waals surface area contributed by atoms with Crippen molar-refractivity contribution in [3.8, 4) is 0 Å². The van der Waals surface area contributed by atoms with Gasteiger partial charge in [-0.15, -0.1) is 0 Å². The maximum atomic E-state index is 12.8. The molecule has 1 heterocycles. The number of rotatable bonds is 6. The van der Waals surface area contributed by atoms with Crippen molar-refractivity contribution >= 4 is 5.91 Å². The monoisotopic (exact) mass is 323 g/mol. The summed E-state index contributed by atoms with van der Waals surface area (Å²) in [5, 5.41) is 6.52. The topological polar surface area (TPSA) is 46.9 Å². The lowest BCUT2D eigenvalue weighted by Gasteiger charge is -2.08. The molecule has 23 heavy (non-hydrogen) atoms. The molecule has 0 aliphatic heterocycles. The molecule has 2 aromatic rings. The second kappa shape index (κ2) is 6.44. The molecule has 1 aromatic heterocycles. The van der Waals surface area contributed by atoms with Crippen LogP contribution in [0.15, 0.2) is 30.3 Å². The van der Waals surface area contributed by atoms with Gasteiger partial charge in [0.1, 0.15) is 18.1 Å². The number of aromatic nitrogens is 2. The van der Waals surface area contributed by atoms with Crippen LogP contribution in [0, 0.1) is 5.82 Å². The van der Waals surface area contributed by atoms with Gasteiger partial charge in [0, 0.05) is 18.2 Å². The second-order valence-corrected chi connectivity index (χ2v) is 5.63. The van der Waals surface area contributed by atoms with Crippen molar-refractivity contribution in [2.24, 2.45) is 0 Å². The van der Waals surface area contributed by atoms with E-state index in [-0.39, 0.29) is 36.4 Å². The highest BCUT2D eigenvalue weighted by Crippen LogP contribution is 2.41. The second-order valence-electron chi connectivity index (χ2n) is 5.63. The van der Waals surface area contributed by atoms with Crippen molar-refractivity contribution in [3.63, 3.8) is 0 Å². The Balaban J connectivity index is 1.62. The standard InChI is InChI=1S/C16H16F3N3O/c17-12-5-1-10(2-6-12)8-20-15(23)9-22-14(11-3-4-11)7-13(21-22)16(18)19/h1-2,5-7,11,16H,3-4,8-9H2,(H,20,23). The van der Waals surface area contributed by atoms with Crippen molar-refractivity contribution in [2.75, 3.05) is 0 Å². The van der Waals surface area contributed by atoms with Crippen molar-refractivity contribution in [1.29, 1.82) is 0 Å². The van der Waals surface area contributed by atoms with Crippen LogP contribution >= 0.6 is 0 Å². The van der Waals surface area contributed by atoms with Crippen LogP contribution in [0.25, 0.3) is 0 Å². The predicted octanol–water partition coefficient (Wildman–Crippen LogP) is 3.15. The zero-order valence-corrected chi connectivity index (χ0v) is 12.3. The number of hydrogen-bond donors (Lipinski definition) is 1. The van der Waals surface area contributed by atoms with E-state index in [2.05, 4.69) is 10.4 Å². The van der Waals surface area contributed by atoms with Gasteiger partial charge in [-0.25, -0.2) is 13.2 Å². The molecular formula is C16H16F3N3O. The van der Waals surface area contributed by atoms with Crippen molar-refractivity contribution < 1.29 is 18.0 Å². The van der Waals surface area contributed by atoms with Crippen LogP contribution in [0.4, 0.5) is 13.2 Å². The zero-order chi connectivity index (χ0) is 16.4. The molecule has 1 amide bonds. The average molecular weight is 323 g/mol. The molecule has 0 radical (unpaired) electrons.